The minimum atomic E-state index is -0.533. The van der Waals surface area contributed by atoms with E-state index in [-0.39, 0.29) is 11.5 Å². The molecule has 2 aromatic carbocycles. The second-order valence-corrected chi connectivity index (χ2v) is 7.02. The molecule has 6 nitrogen and oxygen atoms in total. The van der Waals surface area contributed by atoms with Crippen molar-refractivity contribution < 1.29 is 23.4 Å². The lowest BCUT2D eigenvalue weighted by Gasteiger charge is -2.27. The molecular weight excluding hydrogens is 387 g/mol. The molecule has 0 aliphatic carbocycles. The zero-order valence-electron chi connectivity index (χ0n) is 17.6. The molecular formula is C23H29FN2O4. The SMILES string of the molecule is CCCOc1ccc(CNc2ccc(C(=O)N3CCOCC3)c(F)c2)cc1OCC. The van der Waals surface area contributed by atoms with Crippen LogP contribution in [0.2, 0.25) is 0 Å². The van der Waals surface area contributed by atoms with E-state index in [1.165, 1.54) is 12.1 Å². The fourth-order valence-electron chi connectivity index (χ4n) is 3.20. The number of hydrogen-bond acceptors (Lipinski definition) is 5. The molecule has 7 heteroatoms. The maximum absolute atomic E-state index is 14.6. The normalized spacial score (nSPS) is 13.8. The molecule has 1 aliphatic heterocycles. The Labute approximate surface area is 176 Å². The highest BCUT2D eigenvalue weighted by Gasteiger charge is 2.21. The minimum Gasteiger partial charge on any atom is -0.490 e. The van der Waals surface area contributed by atoms with E-state index >= 15 is 0 Å². The third-order valence-corrected chi connectivity index (χ3v) is 4.76. The van der Waals surface area contributed by atoms with Gasteiger partial charge in [-0.05, 0) is 49.2 Å². The van der Waals surface area contributed by atoms with E-state index in [0.717, 1.165) is 17.7 Å². The van der Waals surface area contributed by atoms with E-state index in [9.17, 15) is 9.18 Å². The van der Waals surface area contributed by atoms with Crippen LogP contribution in [0, 0.1) is 5.82 Å². The first-order valence-electron chi connectivity index (χ1n) is 10.4. The van der Waals surface area contributed by atoms with Crippen molar-refractivity contribution >= 4 is 11.6 Å². The van der Waals surface area contributed by atoms with Crippen molar-refractivity contribution in [3.63, 3.8) is 0 Å². The molecule has 0 atom stereocenters. The van der Waals surface area contributed by atoms with Crippen LogP contribution in [0.1, 0.15) is 36.2 Å². The number of nitrogens with zero attached hydrogens (tertiary/aromatic N) is 1. The fraction of sp³-hybridized carbons (Fsp3) is 0.435. The van der Waals surface area contributed by atoms with Crippen LogP contribution < -0.4 is 14.8 Å². The first-order chi connectivity index (χ1) is 14.6. The number of carbonyl (C=O) groups excluding carboxylic acids is 1. The van der Waals surface area contributed by atoms with Gasteiger partial charge in [0.25, 0.3) is 5.91 Å². The van der Waals surface area contributed by atoms with Crippen LogP contribution in [0.3, 0.4) is 0 Å². The van der Waals surface area contributed by atoms with E-state index in [4.69, 9.17) is 14.2 Å². The second kappa shape index (κ2) is 10.8. The highest BCUT2D eigenvalue weighted by atomic mass is 19.1. The van der Waals surface area contributed by atoms with Crippen molar-refractivity contribution in [2.45, 2.75) is 26.8 Å². The zero-order valence-corrected chi connectivity index (χ0v) is 17.6. The van der Waals surface area contributed by atoms with Crippen molar-refractivity contribution in [1.82, 2.24) is 4.90 Å². The number of carbonyl (C=O) groups is 1. The molecule has 0 bridgehead atoms. The van der Waals surface area contributed by atoms with Gasteiger partial charge in [-0.15, -0.1) is 0 Å². The maximum Gasteiger partial charge on any atom is 0.256 e. The monoisotopic (exact) mass is 416 g/mol. The quantitative estimate of drug-likeness (QED) is 0.667. The van der Waals surface area contributed by atoms with Crippen molar-refractivity contribution in [1.29, 1.82) is 0 Å². The molecule has 2 aromatic rings. The van der Waals surface area contributed by atoms with Gasteiger partial charge in [-0.1, -0.05) is 13.0 Å². The molecule has 1 amide bonds. The van der Waals surface area contributed by atoms with Gasteiger partial charge < -0.3 is 24.4 Å². The van der Waals surface area contributed by atoms with Gasteiger partial charge in [0.15, 0.2) is 11.5 Å². The Bertz CT molecular complexity index is 853. The predicted molar refractivity (Wildman–Crippen MR) is 114 cm³/mol. The summed E-state index contributed by atoms with van der Waals surface area (Å²) in [7, 11) is 0. The zero-order chi connectivity index (χ0) is 21.3. The number of nitrogens with one attached hydrogen (secondary N) is 1. The number of benzene rings is 2. The average Bonchev–Trinajstić information content (AvgIpc) is 2.77. The van der Waals surface area contributed by atoms with E-state index in [1.54, 1.807) is 11.0 Å². The molecule has 0 unspecified atom stereocenters. The Morgan fingerprint density at radius 1 is 1.10 bits per heavy atom. The molecule has 1 fully saturated rings. The van der Waals surface area contributed by atoms with Gasteiger partial charge in [0, 0.05) is 25.3 Å². The number of rotatable bonds is 9. The highest BCUT2D eigenvalue weighted by molar-refractivity contribution is 5.95. The van der Waals surface area contributed by atoms with Crippen molar-refractivity contribution in [3.05, 3.63) is 53.3 Å². The van der Waals surface area contributed by atoms with E-state index < -0.39 is 5.82 Å². The molecule has 0 spiro atoms. The van der Waals surface area contributed by atoms with Crippen LogP contribution in [-0.4, -0.2) is 50.3 Å². The van der Waals surface area contributed by atoms with Crippen LogP contribution >= 0.6 is 0 Å². The average molecular weight is 416 g/mol. The van der Waals surface area contributed by atoms with Gasteiger partial charge in [0.05, 0.1) is 32.0 Å². The maximum atomic E-state index is 14.6. The lowest BCUT2D eigenvalue weighted by molar-refractivity contribution is 0.0300. The molecule has 0 radical (unpaired) electrons. The first-order valence-corrected chi connectivity index (χ1v) is 10.4. The molecule has 3 rings (SSSR count). The molecule has 0 aromatic heterocycles. The van der Waals surface area contributed by atoms with Gasteiger partial charge in [-0.3, -0.25) is 4.79 Å². The van der Waals surface area contributed by atoms with Crippen LogP contribution in [0.15, 0.2) is 36.4 Å². The van der Waals surface area contributed by atoms with E-state index in [0.29, 0.717) is 57.5 Å². The summed E-state index contributed by atoms with van der Waals surface area (Å²) in [6, 6.07) is 10.4. The van der Waals surface area contributed by atoms with Gasteiger partial charge in [0.1, 0.15) is 5.82 Å². The minimum absolute atomic E-state index is 0.0820. The fourth-order valence-corrected chi connectivity index (χ4v) is 3.20. The summed E-state index contributed by atoms with van der Waals surface area (Å²) < 4.78 is 31.2. The number of anilines is 1. The molecule has 1 heterocycles. The molecule has 1 aliphatic rings. The Morgan fingerprint density at radius 3 is 2.60 bits per heavy atom. The van der Waals surface area contributed by atoms with Crippen molar-refractivity contribution in [2.75, 3.05) is 44.8 Å². The van der Waals surface area contributed by atoms with Gasteiger partial charge in [-0.2, -0.15) is 0 Å². The van der Waals surface area contributed by atoms with Crippen LogP contribution in [-0.2, 0) is 11.3 Å². The number of hydrogen-bond donors (Lipinski definition) is 1. The molecule has 30 heavy (non-hydrogen) atoms. The Kier molecular flexibility index (Phi) is 7.90. The summed E-state index contributed by atoms with van der Waals surface area (Å²) in [5.74, 6) is 0.587. The number of morpholine rings is 1. The van der Waals surface area contributed by atoms with Crippen molar-refractivity contribution in [2.24, 2.45) is 0 Å². The van der Waals surface area contributed by atoms with Gasteiger partial charge in [-0.25, -0.2) is 4.39 Å². The lowest BCUT2D eigenvalue weighted by atomic mass is 10.1. The first kappa shape index (κ1) is 21.9. The van der Waals surface area contributed by atoms with E-state index in [2.05, 4.69) is 12.2 Å². The Morgan fingerprint density at radius 2 is 1.90 bits per heavy atom. The number of halogens is 1. The molecule has 1 saturated heterocycles. The summed E-state index contributed by atoms with van der Waals surface area (Å²) >= 11 is 0. The third-order valence-electron chi connectivity index (χ3n) is 4.76. The van der Waals surface area contributed by atoms with Gasteiger partial charge >= 0.3 is 0 Å². The van der Waals surface area contributed by atoms with Gasteiger partial charge in [0.2, 0.25) is 0 Å². The van der Waals surface area contributed by atoms with Crippen LogP contribution in [0.25, 0.3) is 0 Å². The van der Waals surface area contributed by atoms with Crippen LogP contribution in [0.5, 0.6) is 11.5 Å². The van der Waals surface area contributed by atoms with Crippen LogP contribution in [0.4, 0.5) is 10.1 Å². The molecule has 0 saturated carbocycles. The molecule has 1 N–H and O–H groups in total. The topological polar surface area (TPSA) is 60.0 Å². The number of amides is 1. The number of ether oxygens (including phenoxy) is 3. The Balaban J connectivity index is 1.64. The summed E-state index contributed by atoms with van der Waals surface area (Å²) in [5.41, 5.74) is 1.67. The van der Waals surface area contributed by atoms with Crippen molar-refractivity contribution in [3.8, 4) is 11.5 Å². The smallest absolute Gasteiger partial charge is 0.256 e. The highest BCUT2D eigenvalue weighted by Crippen LogP contribution is 2.29. The second-order valence-electron chi connectivity index (χ2n) is 7.02. The Hall–Kier alpha value is -2.80. The summed E-state index contributed by atoms with van der Waals surface area (Å²) in [6.45, 7) is 7.59. The standard InChI is InChI=1S/C23H29FN2O4/c1-3-11-30-21-8-5-17(14-22(21)29-4-2)16-25-18-6-7-19(20(24)15-18)23(27)26-9-12-28-13-10-26/h5-8,14-15,25H,3-4,9-13,16H2,1-2H3. The van der Waals surface area contributed by atoms with E-state index in [1.807, 2.05) is 25.1 Å². The summed E-state index contributed by atoms with van der Waals surface area (Å²) in [6.07, 6.45) is 0.921. The largest absolute Gasteiger partial charge is 0.490 e. The summed E-state index contributed by atoms with van der Waals surface area (Å²) in [4.78, 5) is 14.1. The lowest BCUT2D eigenvalue weighted by Crippen LogP contribution is -2.41. The molecule has 162 valence electrons. The summed E-state index contributed by atoms with van der Waals surface area (Å²) in [5, 5.41) is 3.20. The third kappa shape index (κ3) is 5.63. The predicted octanol–water partition coefficient (Wildman–Crippen LogP) is 4.10.